The maximum atomic E-state index is 13.5. The average Bonchev–Trinajstić information content (AvgIpc) is 2.87. The molecule has 0 bridgehead atoms. The van der Waals surface area contributed by atoms with Crippen LogP contribution in [0.5, 0.6) is 0 Å². The molecule has 0 saturated carbocycles. The van der Waals surface area contributed by atoms with Crippen molar-refractivity contribution in [2.45, 2.75) is 19.4 Å². The van der Waals surface area contributed by atoms with Gasteiger partial charge in [0, 0.05) is 30.8 Å². The third kappa shape index (κ3) is 5.52. The summed E-state index contributed by atoms with van der Waals surface area (Å²) in [6, 6.07) is 29.7. The first kappa shape index (κ1) is 21.6. The summed E-state index contributed by atoms with van der Waals surface area (Å²) in [7, 11) is 0. The van der Waals surface area contributed by atoms with Crippen LogP contribution < -0.4 is 4.90 Å². The molecular formula is C28H28N2O2. The first-order valence-corrected chi connectivity index (χ1v) is 11.1. The fraction of sp³-hybridized carbons (Fsp3) is 0.214. The highest BCUT2D eigenvalue weighted by Crippen LogP contribution is 2.25. The highest BCUT2D eigenvalue weighted by Gasteiger charge is 2.30. The molecule has 3 aromatic rings. The Hall–Kier alpha value is -3.66. The van der Waals surface area contributed by atoms with Crippen molar-refractivity contribution < 1.29 is 9.59 Å². The van der Waals surface area contributed by atoms with Crippen LogP contribution >= 0.6 is 0 Å². The molecule has 0 aromatic heterocycles. The van der Waals surface area contributed by atoms with E-state index in [4.69, 9.17) is 0 Å². The minimum atomic E-state index is -0.0823. The van der Waals surface area contributed by atoms with Gasteiger partial charge >= 0.3 is 0 Å². The second kappa shape index (κ2) is 10.6. The number of benzene rings is 3. The molecule has 4 heteroatoms. The lowest BCUT2D eigenvalue weighted by Gasteiger charge is -2.34. The van der Waals surface area contributed by atoms with E-state index in [9.17, 15) is 9.59 Å². The van der Waals surface area contributed by atoms with Crippen LogP contribution in [0.15, 0.2) is 97.1 Å². The van der Waals surface area contributed by atoms with Gasteiger partial charge in [-0.1, -0.05) is 78.9 Å². The van der Waals surface area contributed by atoms with E-state index in [2.05, 4.69) is 0 Å². The van der Waals surface area contributed by atoms with Gasteiger partial charge in [-0.15, -0.1) is 0 Å². The largest absolute Gasteiger partial charge is 0.339 e. The molecule has 0 unspecified atom stereocenters. The number of hydrogen-bond acceptors (Lipinski definition) is 2. The monoisotopic (exact) mass is 424 g/mol. The fourth-order valence-electron chi connectivity index (χ4n) is 4.07. The van der Waals surface area contributed by atoms with Gasteiger partial charge in [-0.25, -0.2) is 0 Å². The first-order chi connectivity index (χ1) is 15.7. The maximum Gasteiger partial charge on any atom is 0.246 e. The Morgan fingerprint density at radius 3 is 2.00 bits per heavy atom. The maximum absolute atomic E-state index is 13.5. The first-order valence-electron chi connectivity index (χ1n) is 11.1. The van der Waals surface area contributed by atoms with Crippen molar-refractivity contribution in [3.8, 4) is 0 Å². The zero-order chi connectivity index (χ0) is 22.2. The van der Waals surface area contributed by atoms with Crippen LogP contribution in [0, 0.1) is 5.92 Å². The second-order valence-corrected chi connectivity index (χ2v) is 8.09. The van der Waals surface area contributed by atoms with Crippen molar-refractivity contribution in [1.82, 2.24) is 4.90 Å². The van der Waals surface area contributed by atoms with Crippen LogP contribution in [0.2, 0.25) is 0 Å². The Balaban J connectivity index is 1.40. The Bertz CT molecular complexity index is 1040. The predicted octanol–water partition coefficient (Wildman–Crippen LogP) is 5.17. The van der Waals surface area contributed by atoms with E-state index in [-0.39, 0.29) is 17.7 Å². The van der Waals surface area contributed by atoms with Crippen molar-refractivity contribution in [2.24, 2.45) is 5.92 Å². The normalized spacial score (nSPS) is 14.4. The molecule has 162 valence electrons. The number of nitrogens with zero attached hydrogens (tertiary/aromatic N) is 2. The summed E-state index contributed by atoms with van der Waals surface area (Å²) in [6.45, 7) is 1.74. The van der Waals surface area contributed by atoms with Crippen molar-refractivity contribution in [2.75, 3.05) is 18.0 Å². The van der Waals surface area contributed by atoms with Gasteiger partial charge in [0.2, 0.25) is 11.8 Å². The zero-order valence-corrected chi connectivity index (χ0v) is 18.1. The highest BCUT2D eigenvalue weighted by molar-refractivity contribution is 5.95. The molecule has 1 saturated heterocycles. The number of para-hydroxylation sites is 1. The molecule has 1 heterocycles. The minimum absolute atomic E-state index is 0.00366. The zero-order valence-electron chi connectivity index (χ0n) is 18.1. The highest BCUT2D eigenvalue weighted by atomic mass is 16.2. The van der Waals surface area contributed by atoms with Gasteiger partial charge in [-0.2, -0.15) is 0 Å². The Kier molecular flexibility index (Phi) is 7.13. The number of piperidine rings is 1. The molecule has 0 spiro atoms. The fourth-order valence-corrected chi connectivity index (χ4v) is 4.07. The van der Waals surface area contributed by atoms with Crippen LogP contribution in [0.1, 0.15) is 24.0 Å². The standard InChI is InChI=1S/C28H28N2O2/c31-27(17-16-23-10-4-1-5-11-23)29-20-18-25(19-21-29)28(32)30(26-14-8-3-9-15-26)22-24-12-6-2-7-13-24/h1-17,25H,18-22H2/b17-16+. The van der Waals surface area contributed by atoms with Gasteiger partial charge in [-0.05, 0) is 42.2 Å². The van der Waals surface area contributed by atoms with E-state index in [1.165, 1.54) is 0 Å². The summed E-state index contributed by atoms with van der Waals surface area (Å²) in [4.78, 5) is 29.8. The Labute approximate surface area is 189 Å². The summed E-state index contributed by atoms with van der Waals surface area (Å²) in [5, 5.41) is 0. The molecule has 1 fully saturated rings. The van der Waals surface area contributed by atoms with Crippen LogP contribution in [-0.4, -0.2) is 29.8 Å². The number of amides is 2. The number of likely N-dealkylation sites (tertiary alicyclic amines) is 1. The SMILES string of the molecule is O=C(/C=C/c1ccccc1)N1CCC(C(=O)N(Cc2ccccc2)c2ccccc2)CC1. The summed E-state index contributed by atoms with van der Waals surface area (Å²) in [6.07, 6.45) is 4.84. The van der Waals surface area contributed by atoms with Gasteiger partial charge in [0.15, 0.2) is 0 Å². The number of hydrogen-bond donors (Lipinski definition) is 0. The van der Waals surface area contributed by atoms with E-state index in [1.807, 2.05) is 107 Å². The van der Waals surface area contributed by atoms with Crippen molar-refractivity contribution in [3.63, 3.8) is 0 Å². The number of anilines is 1. The number of carbonyl (C=O) groups excluding carboxylic acids is 2. The van der Waals surface area contributed by atoms with Crippen LogP contribution in [0.4, 0.5) is 5.69 Å². The van der Waals surface area contributed by atoms with E-state index in [0.29, 0.717) is 32.5 Å². The molecule has 4 nitrogen and oxygen atoms in total. The molecule has 1 aliphatic rings. The van der Waals surface area contributed by atoms with Crippen LogP contribution in [0.25, 0.3) is 6.08 Å². The molecule has 32 heavy (non-hydrogen) atoms. The Morgan fingerprint density at radius 1 is 0.812 bits per heavy atom. The lowest BCUT2D eigenvalue weighted by atomic mass is 9.94. The van der Waals surface area contributed by atoms with E-state index >= 15 is 0 Å². The quantitative estimate of drug-likeness (QED) is 0.512. The van der Waals surface area contributed by atoms with Crippen molar-refractivity contribution >= 4 is 23.6 Å². The molecule has 0 aliphatic carbocycles. The third-order valence-electron chi connectivity index (χ3n) is 5.89. The van der Waals surface area contributed by atoms with Gasteiger partial charge in [-0.3, -0.25) is 9.59 Å². The lowest BCUT2D eigenvalue weighted by molar-refractivity contribution is -0.131. The minimum Gasteiger partial charge on any atom is -0.339 e. The summed E-state index contributed by atoms with van der Waals surface area (Å²) < 4.78 is 0. The topological polar surface area (TPSA) is 40.6 Å². The molecule has 2 amide bonds. The summed E-state index contributed by atoms with van der Waals surface area (Å²) in [5.41, 5.74) is 3.01. The van der Waals surface area contributed by atoms with E-state index < -0.39 is 0 Å². The van der Waals surface area contributed by atoms with E-state index in [0.717, 1.165) is 16.8 Å². The van der Waals surface area contributed by atoms with Crippen LogP contribution in [-0.2, 0) is 16.1 Å². The molecule has 4 rings (SSSR count). The average molecular weight is 425 g/mol. The van der Waals surface area contributed by atoms with Gasteiger partial charge in [0.1, 0.15) is 0 Å². The van der Waals surface area contributed by atoms with Crippen LogP contribution in [0.3, 0.4) is 0 Å². The van der Waals surface area contributed by atoms with Crippen molar-refractivity contribution in [1.29, 1.82) is 0 Å². The van der Waals surface area contributed by atoms with E-state index in [1.54, 1.807) is 6.08 Å². The number of carbonyl (C=O) groups is 2. The van der Waals surface area contributed by atoms with Gasteiger partial charge in [0.05, 0.1) is 6.54 Å². The molecule has 0 radical (unpaired) electrons. The Morgan fingerprint density at radius 2 is 1.38 bits per heavy atom. The van der Waals surface area contributed by atoms with Crippen molar-refractivity contribution in [3.05, 3.63) is 108 Å². The van der Waals surface area contributed by atoms with Gasteiger partial charge in [0.25, 0.3) is 0 Å². The summed E-state index contributed by atoms with van der Waals surface area (Å²) >= 11 is 0. The molecule has 3 aromatic carbocycles. The lowest BCUT2D eigenvalue weighted by Crippen LogP contribution is -2.44. The molecule has 0 atom stereocenters. The number of rotatable bonds is 6. The second-order valence-electron chi connectivity index (χ2n) is 8.09. The predicted molar refractivity (Wildman–Crippen MR) is 129 cm³/mol. The summed E-state index contributed by atoms with van der Waals surface area (Å²) in [5.74, 6) is 0.0528. The third-order valence-corrected chi connectivity index (χ3v) is 5.89. The molecule has 0 N–H and O–H groups in total. The smallest absolute Gasteiger partial charge is 0.246 e. The molecule has 1 aliphatic heterocycles. The molecular weight excluding hydrogens is 396 g/mol. The van der Waals surface area contributed by atoms with Gasteiger partial charge < -0.3 is 9.80 Å².